The standard InChI is InChI=1S/C25H35ClN6O4S/c1-15(2)37(34,35)32-18-4-3-17(11-18)25(33)31-23-12-19(21(27)14-29-23)24-20(26)5-6-22(30-24)28-13-16-7-9-36-10-8-16/h5-6,12,14-18,32H,3-4,7-11,13,27H2,1-2H3,(H,28,30)(H,29,31,33). The van der Waals surface area contributed by atoms with E-state index in [9.17, 15) is 13.2 Å². The number of sulfonamides is 1. The molecule has 2 unspecified atom stereocenters. The van der Waals surface area contributed by atoms with Crippen LogP contribution in [0.15, 0.2) is 24.4 Å². The first-order valence-electron chi connectivity index (χ1n) is 12.7. The molecule has 0 radical (unpaired) electrons. The van der Waals surface area contributed by atoms with Gasteiger partial charge in [-0.25, -0.2) is 23.1 Å². The van der Waals surface area contributed by atoms with Crippen LogP contribution in [0.5, 0.6) is 0 Å². The summed E-state index contributed by atoms with van der Waals surface area (Å²) in [6.45, 7) is 5.61. The molecule has 0 aromatic carbocycles. The summed E-state index contributed by atoms with van der Waals surface area (Å²) in [7, 11) is -3.39. The van der Waals surface area contributed by atoms with Gasteiger partial charge in [0.25, 0.3) is 0 Å². The molecule has 5 N–H and O–H groups in total. The van der Waals surface area contributed by atoms with Crippen molar-refractivity contribution in [2.24, 2.45) is 11.8 Å². The summed E-state index contributed by atoms with van der Waals surface area (Å²) >= 11 is 6.48. The number of hydrogen-bond acceptors (Lipinski definition) is 8. The molecule has 37 heavy (non-hydrogen) atoms. The van der Waals surface area contributed by atoms with E-state index < -0.39 is 15.3 Å². The van der Waals surface area contributed by atoms with E-state index in [1.54, 1.807) is 26.0 Å². The lowest BCUT2D eigenvalue weighted by molar-refractivity contribution is -0.119. The number of nitrogens with one attached hydrogen (secondary N) is 3. The maximum Gasteiger partial charge on any atom is 0.228 e. The van der Waals surface area contributed by atoms with Crippen molar-refractivity contribution < 1.29 is 17.9 Å². The third kappa shape index (κ3) is 7.10. The number of carbonyl (C=O) groups excluding carboxylic acids is 1. The maximum atomic E-state index is 12.9. The van der Waals surface area contributed by atoms with E-state index in [-0.39, 0.29) is 17.9 Å². The summed E-state index contributed by atoms with van der Waals surface area (Å²) in [4.78, 5) is 21.9. The van der Waals surface area contributed by atoms with Gasteiger partial charge in [-0.3, -0.25) is 4.79 Å². The summed E-state index contributed by atoms with van der Waals surface area (Å²) in [5.74, 6) is 1.02. The zero-order valence-corrected chi connectivity index (χ0v) is 22.7. The van der Waals surface area contributed by atoms with Gasteiger partial charge in [-0.05, 0) is 70.1 Å². The van der Waals surface area contributed by atoms with Crippen molar-refractivity contribution in [2.75, 3.05) is 36.1 Å². The first kappa shape index (κ1) is 27.6. The fraction of sp³-hybridized carbons (Fsp3) is 0.560. The van der Waals surface area contributed by atoms with Gasteiger partial charge < -0.3 is 21.1 Å². The van der Waals surface area contributed by atoms with Gasteiger partial charge >= 0.3 is 0 Å². The molecule has 4 rings (SSSR count). The van der Waals surface area contributed by atoms with Crippen molar-refractivity contribution in [3.63, 3.8) is 0 Å². The van der Waals surface area contributed by atoms with Gasteiger partial charge in [-0.2, -0.15) is 0 Å². The van der Waals surface area contributed by atoms with Gasteiger partial charge in [0, 0.05) is 37.3 Å². The Labute approximate surface area is 223 Å². The number of carbonyl (C=O) groups is 1. The first-order valence-corrected chi connectivity index (χ1v) is 14.6. The molecule has 3 heterocycles. The highest BCUT2D eigenvalue weighted by Crippen LogP contribution is 2.33. The van der Waals surface area contributed by atoms with E-state index in [4.69, 9.17) is 22.1 Å². The highest BCUT2D eigenvalue weighted by molar-refractivity contribution is 7.90. The smallest absolute Gasteiger partial charge is 0.228 e. The minimum atomic E-state index is -3.39. The molecular formula is C25H35ClN6O4S. The Kier molecular flexibility index (Phi) is 8.89. The second kappa shape index (κ2) is 11.9. The van der Waals surface area contributed by atoms with Crippen LogP contribution in [0.2, 0.25) is 5.02 Å². The molecule has 0 spiro atoms. The SMILES string of the molecule is CC(C)S(=O)(=O)NC1CCC(C(=O)Nc2cc(-c3nc(NCC4CCOCC4)ccc3Cl)c(N)cn2)C1. The number of nitrogens with two attached hydrogens (primary N) is 1. The fourth-order valence-electron chi connectivity index (χ4n) is 4.59. The molecule has 1 aliphatic heterocycles. The summed E-state index contributed by atoms with van der Waals surface area (Å²) in [6.07, 6.45) is 5.14. The van der Waals surface area contributed by atoms with Crippen molar-refractivity contribution in [3.8, 4) is 11.3 Å². The molecule has 1 amide bonds. The number of ether oxygens (including phenoxy) is 1. The number of pyridine rings is 2. The molecule has 2 aromatic heterocycles. The van der Waals surface area contributed by atoms with E-state index in [1.165, 1.54) is 6.20 Å². The third-order valence-electron chi connectivity index (χ3n) is 6.95. The van der Waals surface area contributed by atoms with Crippen molar-refractivity contribution >= 4 is 44.9 Å². The van der Waals surface area contributed by atoms with Crippen LogP contribution in [-0.4, -0.2) is 55.3 Å². The van der Waals surface area contributed by atoms with Crippen LogP contribution in [0.25, 0.3) is 11.3 Å². The van der Waals surface area contributed by atoms with Gasteiger partial charge in [0.15, 0.2) is 0 Å². The second-order valence-corrected chi connectivity index (χ2v) is 12.7. The normalized spacial score (nSPS) is 20.8. The van der Waals surface area contributed by atoms with Crippen molar-refractivity contribution in [3.05, 3.63) is 29.4 Å². The molecule has 10 nitrogen and oxygen atoms in total. The van der Waals surface area contributed by atoms with Gasteiger partial charge in [0.1, 0.15) is 11.6 Å². The number of amides is 1. The molecule has 0 bridgehead atoms. The van der Waals surface area contributed by atoms with Crippen LogP contribution in [0.4, 0.5) is 17.3 Å². The lowest BCUT2D eigenvalue weighted by atomic mass is 10.0. The van der Waals surface area contributed by atoms with E-state index in [0.29, 0.717) is 58.8 Å². The van der Waals surface area contributed by atoms with Crippen LogP contribution < -0.4 is 21.1 Å². The lowest BCUT2D eigenvalue weighted by Gasteiger charge is -2.22. The third-order valence-corrected chi connectivity index (χ3v) is 9.16. The average Bonchev–Trinajstić information content (AvgIpc) is 3.33. The Balaban J connectivity index is 1.43. The molecule has 2 aromatic rings. The molecule has 1 saturated heterocycles. The number of hydrogen-bond donors (Lipinski definition) is 4. The molecule has 12 heteroatoms. The number of anilines is 3. The minimum absolute atomic E-state index is 0.208. The Morgan fingerprint density at radius 1 is 1.19 bits per heavy atom. The Morgan fingerprint density at radius 3 is 2.68 bits per heavy atom. The van der Waals surface area contributed by atoms with Crippen molar-refractivity contribution in [1.82, 2.24) is 14.7 Å². The molecular weight excluding hydrogens is 516 g/mol. The fourth-order valence-corrected chi connectivity index (χ4v) is 5.75. The van der Waals surface area contributed by atoms with Crippen LogP contribution in [0, 0.1) is 11.8 Å². The summed E-state index contributed by atoms with van der Waals surface area (Å²) in [6, 6.07) is 5.01. The van der Waals surface area contributed by atoms with E-state index in [1.807, 2.05) is 6.07 Å². The number of nitrogens with zero attached hydrogens (tertiary/aromatic N) is 2. The van der Waals surface area contributed by atoms with Gasteiger partial charge in [-0.1, -0.05) is 11.6 Å². The van der Waals surface area contributed by atoms with Crippen LogP contribution >= 0.6 is 11.6 Å². The van der Waals surface area contributed by atoms with E-state index in [0.717, 1.165) is 32.6 Å². The molecule has 202 valence electrons. The minimum Gasteiger partial charge on any atom is -0.397 e. The average molecular weight is 551 g/mol. The Morgan fingerprint density at radius 2 is 1.95 bits per heavy atom. The van der Waals surface area contributed by atoms with Crippen LogP contribution in [0.3, 0.4) is 0 Å². The highest BCUT2D eigenvalue weighted by Gasteiger charge is 2.33. The van der Waals surface area contributed by atoms with Crippen LogP contribution in [-0.2, 0) is 19.6 Å². The monoisotopic (exact) mass is 550 g/mol. The zero-order chi connectivity index (χ0) is 26.6. The van der Waals surface area contributed by atoms with Crippen molar-refractivity contribution in [1.29, 1.82) is 0 Å². The lowest BCUT2D eigenvalue weighted by Crippen LogP contribution is -2.38. The largest absolute Gasteiger partial charge is 0.397 e. The Bertz CT molecular complexity index is 1220. The summed E-state index contributed by atoms with van der Waals surface area (Å²) < 4.78 is 32.5. The Hall–Kier alpha value is -2.47. The predicted molar refractivity (Wildman–Crippen MR) is 146 cm³/mol. The first-order chi connectivity index (χ1) is 17.6. The molecule has 1 saturated carbocycles. The number of halogens is 1. The van der Waals surface area contributed by atoms with E-state index >= 15 is 0 Å². The highest BCUT2D eigenvalue weighted by atomic mass is 35.5. The number of rotatable bonds is 9. The molecule has 1 aliphatic carbocycles. The molecule has 2 atom stereocenters. The van der Waals surface area contributed by atoms with E-state index in [2.05, 4.69) is 25.3 Å². The van der Waals surface area contributed by atoms with Crippen LogP contribution in [0.1, 0.15) is 46.0 Å². The van der Waals surface area contributed by atoms with Gasteiger partial charge in [-0.15, -0.1) is 0 Å². The van der Waals surface area contributed by atoms with Crippen molar-refractivity contribution in [2.45, 2.75) is 57.2 Å². The van der Waals surface area contributed by atoms with Gasteiger partial charge in [0.05, 0.1) is 27.9 Å². The topological polar surface area (TPSA) is 148 Å². The molecule has 2 aliphatic rings. The zero-order valence-electron chi connectivity index (χ0n) is 21.2. The predicted octanol–water partition coefficient (Wildman–Crippen LogP) is 3.65. The summed E-state index contributed by atoms with van der Waals surface area (Å²) in [5, 5.41) is 6.14. The molecule has 2 fully saturated rings. The summed E-state index contributed by atoms with van der Waals surface area (Å²) in [5.41, 5.74) is 7.67. The van der Waals surface area contributed by atoms with Gasteiger partial charge in [0.2, 0.25) is 15.9 Å². The number of nitrogen functional groups attached to an aromatic ring is 1. The quantitative estimate of drug-likeness (QED) is 0.369. The number of aromatic nitrogens is 2. The maximum absolute atomic E-state index is 12.9. The second-order valence-electron chi connectivity index (χ2n) is 10.0.